The van der Waals surface area contributed by atoms with E-state index in [4.69, 9.17) is 16.3 Å². The van der Waals surface area contributed by atoms with Gasteiger partial charge in [0.2, 0.25) is 11.8 Å². The number of methoxy groups -OCH3 is 1. The number of carbonyl (C=O) groups is 2. The van der Waals surface area contributed by atoms with Crippen molar-refractivity contribution >= 4 is 39.3 Å². The van der Waals surface area contributed by atoms with Gasteiger partial charge in [-0.05, 0) is 41.8 Å². The van der Waals surface area contributed by atoms with Crippen LogP contribution in [0.25, 0.3) is 0 Å². The minimum atomic E-state index is -0.716. The molecule has 2 aliphatic heterocycles. The molecule has 2 aromatic carbocycles. The smallest absolute Gasteiger partial charge is 0.247 e. The zero-order valence-corrected chi connectivity index (χ0v) is 16.5. The van der Waals surface area contributed by atoms with Crippen molar-refractivity contribution in [2.45, 2.75) is 23.2 Å². The zero-order chi connectivity index (χ0) is 18.5. The van der Waals surface area contributed by atoms with E-state index in [1.165, 1.54) is 4.90 Å². The number of carbonyl (C=O) groups excluding carboxylic acids is 2. The monoisotopic (exact) mass is 433 g/mol. The van der Waals surface area contributed by atoms with Gasteiger partial charge in [0.1, 0.15) is 10.1 Å². The number of rotatable bonds is 4. The normalized spacial score (nSPS) is 27.3. The fraction of sp³-hybridized carbons (Fsp3) is 0.300. The van der Waals surface area contributed by atoms with E-state index in [1.807, 2.05) is 36.4 Å². The van der Waals surface area contributed by atoms with Gasteiger partial charge in [-0.1, -0.05) is 51.8 Å². The molecule has 6 heteroatoms. The quantitative estimate of drug-likeness (QED) is 0.536. The maximum atomic E-state index is 13.1. The summed E-state index contributed by atoms with van der Waals surface area (Å²) in [4.78, 5) is 27.4. The highest BCUT2D eigenvalue weighted by molar-refractivity contribution is 9.10. The first-order valence-corrected chi connectivity index (χ1v) is 9.54. The molecule has 26 heavy (non-hydrogen) atoms. The Morgan fingerprint density at radius 1 is 1.15 bits per heavy atom. The lowest BCUT2D eigenvalue weighted by atomic mass is 9.58. The van der Waals surface area contributed by atoms with Crippen LogP contribution in [0.4, 0.5) is 0 Å². The van der Waals surface area contributed by atoms with Gasteiger partial charge in [-0.2, -0.15) is 0 Å². The van der Waals surface area contributed by atoms with Gasteiger partial charge < -0.3 is 4.74 Å². The summed E-state index contributed by atoms with van der Waals surface area (Å²) < 4.78 is 4.43. The number of halogens is 2. The average Bonchev–Trinajstić information content (AvgIpc) is 2.64. The van der Waals surface area contributed by atoms with Crippen molar-refractivity contribution in [1.82, 2.24) is 4.90 Å². The van der Waals surface area contributed by atoms with E-state index in [-0.39, 0.29) is 30.2 Å². The summed E-state index contributed by atoms with van der Waals surface area (Å²) >= 11 is 9.62. The van der Waals surface area contributed by atoms with Crippen LogP contribution in [-0.2, 0) is 16.1 Å². The van der Waals surface area contributed by atoms with Crippen molar-refractivity contribution in [2.24, 2.45) is 5.92 Å². The summed E-state index contributed by atoms with van der Waals surface area (Å²) in [5.74, 6) is 0.138. The molecule has 2 heterocycles. The van der Waals surface area contributed by atoms with E-state index in [1.54, 1.807) is 19.2 Å². The minimum absolute atomic E-state index is 0.105. The third-order valence-corrected chi connectivity index (χ3v) is 6.73. The molecule has 0 N–H and O–H groups in total. The number of hydrogen-bond donors (Lipinski definition) is 0. The summed E-state index contributed by atoms with van der Waals surface area (Å²) in [5, 5.41) is 0.639. The van der Waals surface area contributed by atoms with E-state index in [9.17, 15) is 9.59 Å². The van der Waals surface area contributed by atoms with Crippen LogP contribution in [0.1, 0.15) is 23.5 Å². The number of benzene rings is 2. The van der Waals surface area contributed by atoms with Crippen LogP contribution in [0.3, 0.4) is 0 Å². The van der Waals surface area contributed by atoms with Crippen LogP contribution in [0, 0.1) is 5.92 Å². The number of hydrogen-bond acceptors (Lipinski definition) is 3. The second-order valence-corrected chi connectivity index (χ2v) is 8.63. The van der Waals surface area contributed by atoms with Gasteiger partial charge in [0.25, 0.3) is 0 Å². The molecule has 2 aromatic rings. The largest absolute Gasteiger partial charge is 0.497 e. The molecule has 3 fully saturated rings. The summed E-state index contributed by atoms with van der Waals surface area (Å²) in [5.41, 5.74) is 1.86. The fourth-order valence-electron chi connectivity index (χ4n) is 3.93. The Kier molecular flexibility index (Phi) is 4.32. The Morgan fingerprint density at radius 2 is 1.81 bits per heavy atom. The van der Waals surface area contributed by atoms with Gasteiger partial charge in [0.05, 0.1) is 13.7 Å². The van der Waals surface area contributed by atoms with Crippen molar-refractivity contribution in [3.05, 3.63) is 64.7 Å². The molecular formula is C20H17BrClNO3. The van der Waals surface area contributed by atoms with Crippen LogP contribution >= 0.6 is 27.5 Å². The number of nitrogens with zero attached hydrogens (tertiary/aromatic N) is 1. The van der Waals surface area contributed by atoms with Gasteiger partial charge >= 0.3 is 0 Å². The number of ether oxygens (including phenoxy) is 1. The molecule has 2 amide bonds. The second kappa shape index (κ2) is 6.39. The van der Waals surface area contributed by atoms with Crippen molar-refractivity contribution in [2.75, 3.05) is 7.11 Å². The molecule has 0 radical (unpaired) electrons. The lowest BCUT2D eigenvalue weighted by Gasteiger charge is -2.56. The maximum Gasteiger partial charge on any atom is 0.247 e. The van der Waals surface area contributed by atoms with Crippen molar-refractivity contribution in [3.63, 3.8) is 0 Å². The number of alkyl halides is 1. The van der Waals surface area contributed by atoms with Crippen molar-refractivity contribution < 1.29 is 14.3 Å². The van der Waals surface area contributed by atoms with Crippen LogP contribution in [0.2, 0.25) is 5.02 Å². The predicted molar refractivity (Wildman–Crippen MR) is 103 cm³/mol. The lowest BCUT2D eigenvalue weighted by molar-refractivity contribution is -0.165. The SMILES string of the molecule is COc1ccc(CN2C(=O)C3CC(Br)(C2=O)C3c2ccc(Cl)cc2)cc1. The number of imide groups is 1. The highest BCUT2D eigenvalue weighted by atomic mass is 79.9. The molecule has 5 rings (SSSR count). The first kappa shape index (κ1) is 17.6. The van der Waals surface area contributed by atoms with E-state index in [2.05, 4.69) is 15.9 Å². The molecule has 1 aliphatic carbocycles. The third-order valence-electron chi connectivity index (χ3n) is 5.33. The molecule has 2 bridgehead atoms. The number of amides is 2. The Morgan fingerprint density at radius 3 is 2.42 bits per heavy atom. The van der Waals surface area contributed by atoms with Crippen LogP contribution in [0.5, 0.6) is 5.75 Å². The van der Waals surface area contributed by atoms with Gasteiger partial charge in [0.15, 0.2) is 0 Å². The van der Waals surface area contributed by atoms with E-state index >= 15 is 0 Å². The Labute approximate surface area is 165 Å². The molecule has 134 valence electrons. The molecule has 3 unspecified atom stereocenters. The number of fused-ring (bicyclic) bond motifs is 2. The molecule has 0 aromatic heterocycles. The van der Waals surface area contributed by atoms with Crippen molar-refractivity contribution in [3.8, 4) is 5.75 Å². The topological polar surface area (TPSA) is 46.6 Å². The molecule has 4 nitrogen and oxygen atoms in total. The average molecular weight is 435 g/mol. The predicted octanol–water partition coefficient (Wildman–Crippen LogP) is 4.15. The molecule has 2 saturated heterocycles. The maximum absolute atomic E-state index is 13.1. The van der Waals surface area contributed by atoms with Crippen LogP contribution in [-0.4, -0.2) is 28.1 Å². The highest BCUT2D eigenvalue weighted by Crippen LogP contribution is 2.60. The van der Waals surface area contributed by atoms with Gasteiger partial charge in [0, 0.05) is 16.9 Å². The van der Waals surface area contributed by atoms with E-state index < -0.39 is 4.32 Å². The zero-order valence-electron chi connectivity index (χ0n) is 14.1. The Balaban J connectivity index is 1.59. The van der Waals surface area contributed by atoms with Crippen LogP contribution < -0.4 is 4.74 Å². The second-order valence-electron chi connectivity index (χ2n) is 6.78. The van der Waals surface area contributed by atoms with Gasteiger partial charge in [-0.3, -0.25) is 14.5 Å². The molecule has 0 spiro atoms. The Hall–Kier alpha value is -1.85. The highest BCUT2D eigenvalue weighted by Gasteiger charge is 2.66. The Bertz CT molecular complexity index is 868. The third kappa shape index (κ3) is 2.65. The van der Waals surface area contributed by atoms with Crippen LogP contribution in [0.15, 0.2) is 48.5 Å². The van der Waals surface area contributed by atoms with E-state index in [0.29, 0.717) is 11.4 Å². The summed E-state index contributed by atoms with van der Waals surface area (Å²) in [6.45, 7) is 0.277. The molecular weight excluding hydrogens is 418 g/mol. The van der Waals surface area contributed by atoms with Gasteiger partial charge in [-0.15, -0.1) is 0 Å². The summed E-state index contributed by atoms with van der Waals surface area (Å²) in [6, 6.07) is 14.8. The molecule has 3 aliphatic rings. The van der Waals surface area contributed by atoms with Crippen molar-refractivity contribution in [1.29, 1.82) is 0 Å². The fourth-order valence-corrected chi connectivity index (χ4v) is 5.20. The summed E-state index contributed by atoms with van der Waals surface area (Å²) in [6.07, 6.45) is 0.539. The molecule has 1 saturated carbocycles. The first-order chi connectivity index (χ1) is 12.4. The first-order valence-electron chi connectivity index (χ1n) is 8.37. The lowest BCUT2D eigenvalue weighted by Crippen LogP contribution is -2.68. The standard InChI is InChI=1S/C20H17BrClNO3/c1-26-15-8-2-12(3-9-15)11-23-18(24)16-10-20(21,19(23)25)17(16)13-4-6-14(22)7-5-13/h2-9,16-17H,10-11H2,1H3. The summed E-state index contributed by atoms with van der Waals surface area (Å²) in [7, 11) is 1.60. The van der Waals surface area contributed by atoms with Gasteiger partial charge in [-0.25, -0.2) is 0 Å². The minimum Gasteiger partial charge on any atom is -0.497 e. The molecule has 3 atom stereocenters. The van der Waals surface area contributed by atoms with E-state index in [0.717, 1.165) is 16.9 Å². The number of piperidine rings is 2.